The van der Waals surface area contributed by atoms with Crippen LogP contribution in [-0.4, -0.2) is 41.9 Å². The second-order valence-corrected chi connectivity index (χ2v) is 8.83. The number of hydrogen-bond donors (Lipinski definition) is 6. The number of rotatable bonds is 4. The lowest BCUT2D eigenvalue weighted by molar-refractivity contribution is -0.133. The van der Waals surface area contributed by atoms with Gasteiger partial charge in [-0.05, 0) is 49.4 Å². The number of nitrogens with zero attached hydrogens (tertiary/aromatic N) is 1. The van der Waals surface area contributed by atoms with Gasteiger partial charge in [-0.25, -0.2) is 5.43 Å². The van der Waals surface area contributed by atoms with E-state index in [9.17, 15) is 4.79 Å². The van der Waals surface area contributed by atoms with Crippen molar-refractivity contribution >= 4 is 22.5 Å². The van der Waals surface area contributed by atoms with Crippen LogP contribution in [0.1, 0.15) is 32.1 Å². The molecular formula is C22H31N7O. The molecule has 6 atom stereocenters. The van der Waals surface area contributed by atoms with Crippen molar-refractivity contribution in [3.63, 3.8) is 0 Å². The fourth-order valence-corrected chi connectivity index (χ4v) is 5.31. The van der Waals surface area contributed by atoms with Gasteiger partial charge < -0.3 is 11.1 Å². The predicted octanol–water partition coefficient (Wildman–Crippen LogP) is 1.02. The minimum atomic E-state index is -0.186. The summed E-state index contributed by atoms with van der Waals surface area (Å²) < 4.78 is 0. The molecule has 8 nitrogen and oxygen atoms in total. The van der Waals surface area contributed by atoms with E-state index < -0.39 is 0 Å². The molecule has 7 N–H and O–H groups in total. The SMILES string of the molecule is N[C@H]1CCCC[C@H]1NC1CC2CNNC(=O)C2C(Nc2cccc3ncccc23)N1. The van der Waals surface area contributed by atoms with Crippen LogP contribution in [0, 0.1) is 11.8 Å². The summed E-state index contributed by atoms with van der Waals surface area (Å²) in [5.41, 5.74) is 14.2. The van der Waals surface area contributed by atoms with Crippen molar-refractivity contribution in [2.45, 2.75) is 56.5 Å². The molecule has 3 aliphatic rings. The first kappa shape index (κ1) is 19.7. The highest BCUT2D eigenvalue weighted by Crippen LogP contribution is 2.31. The van der Waals surface area contributed by atoms with E-state index in [-0.39, 0.29) is 36.1 Å². The highest BCUT2D eigenvalue weighted by Gasteiger charge is 2.44. The molecule has 0 spiro atoms. The van der Waals surface area contributed by atoms with E-state index in [0.717, 1.165) is 42.4 Å². The molecule has 4 unspecified atom stereocenters. The summed E-state index contributed by atoms with van der Waals surface area (Å²) in [4.78, 5) is 17.2. The Morgan fingerprint density at radius 2 is 2.03 bits per heavy atom. The molecule has 2 aliphatic heterocycles. The highest BCUT2D eigenvalue weighted by atomic mass is 16.2. The van der Waals surface area contributed by atoms with Gasteiger partial charge in [-0.2, -0.15) is 0 Å². The van der Waals surface area contributed by atoms with Gasteiger partial charge in [0.25, 0.3) is 0 Å². The van der Waals surface area contributed by atoms with Crippen LogP contribution in [0.3, 0.4) is 0 Å². The molecule has 1 aliphatic carbocycles. The van der Waals surface area contributed by atoms with E-state index in [0.29, 0.717) is 6.04 Å². The number of anilines is 1. The van der Waals surface area contributed by atoms with Gasteiger partial charge in [0.15, 0.2) is 0 Å². The zero-order valence-corrected chi connectivity index (χ0v) is 17.1. The summed E-state index contributed by atoms with van der Waals surface area (Å²) in [5.74, 6) is 0.113. The summed E-state index contributed by atoms with van der Waals surface area (Å²) in [7, 11) is 0. The molecule has 2 saturated heterocycles. The van der Waals surface area contributed by atoms with E-state index >= 15 is 0 Å². The monoisotopic (exact) mass is 409 g/mol. The number of benzene rings is 1. The Bertz CT molecular complexity index is 901. The lowest BCUT2D eigenvalue weighted by Crippen LogP contribution is -2.69. The topological polar surface area (TPSA) is 116 Å². The van der Waals surface area contributed by atoms with Crippen LogP contribution in [-0.2, 0) is 4.79 Å². The van der Waals surface area contributed by atoms with E-state index in [2.05, 4.69) is 37.9 Å². The number of carbonyl (C=O) groups excluding carboxylic acids is 1. The maximum atomic E-state index is 12.7. The highest BCUT2D eigenvalue weighted by molar-refractivity contribution is 5.91. The van der Waals surface area contributed by atoms with Crippen LogP contribution >= 0.6 is 0 Å². The minimum Gasteiger partial charge on any atom is -0.368 e. The second-order valence-electron chi connectivity index (χ2n) is 8.83. The number of hydrogen-bond acceptors (Lipinski definition) is 7. The van der Waals surface area contributed by atoms with Gasteiger partial charge in [0.05, 0.1) is 23.8 Å². The first-order valence-electron chi connectivity index (χ1n) is 11.1. The first-order valence-corrected chi connectivity index (χ1v) is 11.1. The molecule has 0 bridgehead atoms. The van der Waals surface area contributed by atoms with Crippen LogP contribution < -0.4 is 32.5 Å². The lowest BCUT2D eigenvalue weighted by atomic mass is 9.80. The Hall–Kier alpha value is -2.26. The second kappa shape index (κ2) is 8.47. The van der Waals surface area contributed by atoms with Gasteiger partial charge in [-0.3, -0.25) is 25.8 Å². The lowest BCUT2D eigenvalue weighted by Gasteiger charge is -2.46. The fraction of sp³-hybridized carbons (Fsp3) is 0.545. The Morgan fingerprint density at radius 3 is 2.93 bits per heavy atom. The van der Waals surface area contributed by atoms with Crippen molar-refractivity contribution in [1.29, 1.82) is 0 Å². The van der Waals surface area contributed by atoms with E-state index in [4.69, 9.17) is 5.73 Å². The summed E-state index contributed by atoms with van der Waals surface area (Å²) in [6, 6.07) is 10.6. The fourth-order valence-electron chi connectivity index (χ4n) is 5.31. The number of pyridine rings is 1. The van der Waals surface area contributed by atoms with Crippen molar-refractivity contribution in [3.8, 4) is 0 Å². The molecule has 0 radical (unpaired) electrons. The number of piperidine rings is 1. The Balaban J connectivity index is 1.39. The molecule has 2 aromatic rings. The van der Waals surface area contributed by atoms with Gasteiger partial charge in [0, 0.05) is 35.9 Å². The van der Waals surface area contributed by atoms with E-state index in [1.807, 2.05) is 24.3 Å². The Morgan fingerprint density at radius 1 is 1.13 bits per heavy atom. The third kappa shape index (κ3) is 3.88. The first-order chi connectivity index (χ1) is 14.7. The average Bonchev–Trinajstić information content (AvgIpc) is 2.76. The molecule has 30 heavy (non-hydrogen) atoms. The molecule has 5 rings (SSSR count). The number of nitrogens with one attached hydrogen (secondary N) is 5. The maximum Gasteiger partial charge on any atom is 0.240 e. The van der Waals surface area contributed by atoms with Crippen LogP contribution in [0.2, 0.25) is 0 Å². The van der Waals surface area contributed by atoms with Crippen LogP contribution in [0.5, 0.6) is 0 Å². The van der Waals surface area contributed by atoms with Crippen LogP contribution in [0.25, 0.3) is 10.9 Å². The van der Waals surface area contributed by atoms with Gasteiger partial charge in [0.1, 0.15) is 0 Å². The van der Waals surface area contributed by atoms with E-state index in [1.54, 1.807) is 6.20 Å². The molecule has 1 amide bonds. The van der Waals surface area contributed by atoms with Crippen LogP contribution in [0.4, 0.5) is 5.69 Å². The molecule has 1 aromatic carbocycles. The normalized spacial score (nSPS) is 34.2. The molecule has 160 valence electrons. The number of hydrazine groups is 1. The third-order valence-corrected chi connectivity index (χ3v) is 6.86. The number of carbonyl (C=O) groups is 1. The summed E-state index contributed by atoms with van der Waals surface area (Å²) in [6.45, 7) is 0.766. The summed E-state index contributed by atoms with van der Waals surface area (Å²) >= 11 is 0. The third-order valence-electron chi connectivity index (χ3n) is 6.86. The van der Waals surface area contributed by atoms with E-state index in [1.165, 1.54) is 12.8 Å². The van der Waals surface area contributed by atoms with Crippen molar-refractivity contribution in [2.24, 2.45) is 17.6 Å². The maximum absolute atomic E-state index is 12.7. The molecule has 8 heteroatoms. The smallest absolute Gasteiger partial charge is 0.240 e. The minimum absolute atomic E-state index is 0.0300. The van der Waals surface area contributed by atoms with Gasteiger partial charge >= 0.3 is 0 Å². The number of fused-ring (bicyclic) bond motifs is 2. The van der Waals surface area contributed by atoms with Crippen molar-refractivity contribution in [1.82, 2.24) is 26.5 Å². The zero-order chi connectivity index (χ0) is 20.5. The van der Waals surface area contributed by atoms with Crippen molar-refractivity contribution in [2.75, 3.05) is 11.9 Å². The molecule has 1 saturated carbocycles. The van der Waals surface area contributed by atoms with Crippen LogP contribution in [0.15, 0.2) is 36.5 Å². The number of nitrogens with two attached hydrogens (primary N) is 1. The predicted molar refractivity (Wildman–Crippen MR) is 117 cm³/mol. The standard InChI is InChI=1S/C22H31N7O/c23-15-6-1-2-7-18(15)26-19-11-13-12-25-29-22(30)20(13)21(28-19)27-17-9-3-8-16-14(17)5-4-10-24-16/h3-5,8-10,13,15,18-21,25-28H,1-2,6-7,11-12,23H2,(H,29,30)/t13?,15-,18+,19?,20?,21?/m0/s1. The Labute approximate surface area is 176 Å². The quantitative estimate of drug-likeness (QED) is 0.447. The largest absolute Gasteiger partial charge is 0.368 e. The van der Waals surface area contributed by atoms with Crippen molar-refractivity contribution < 1.29 is 4.79 Å². The van der Waals surface area contributed by atoms with Gasteiger partial charge in [-0.15, -0.1) is 0 Å². The summed E-state index contributed by atoms with van der Waals surface area (Å²) in [5, 5.41) is 12.1. The molecule has 3 heterocycles. The van der Waals surface area contributed by atoms with Crippen molar-refractivity contribution in [3.05, 3.63) is 36.5 Å². The number of amides is 1. The van der Waals surface area contributed by atoms with Gasteiger partial charge in [0.2, 0.25) is 5.91 Å². The molecule has 1 aromatic heterocycles. The zero-order valence-electron chi connectivity index (χ0n) is 17.1. The van der Waals surface area contributed by atoms with Gasteiger partial charge in [-0.1, -0.05) is 18.9 Å². The average molecular weight is 410 g/mol. The Kier molecular flexibility index (Phi) is 5.56. The molecular weight excluding hydrogens is 378 g/mol. The number of aromatic nitrogens is 1. The summed E-state index contributed by atoms with van der Waals surface area (Å²) in [6.07, 6.45) is 7.24. The molecule has 3 fully saturated rings.